The third-order valence-corrected chi connectivity index (χ3v) is 3.34. The Balaban J connectivity index is 2.37. The van der Waals surface area contributed by atoms with Gasteiger partial charge in [0.25, 0.3) is 0 Å². The van der Waals surface area contributed by atoms with Gasteiger partial charge in [-0.3, -0.25) is 9.59 Å². The van der Waals surface area contributed by atoms with Crippen molar-refractivity contribution < 1.29 is 19.8 Å². The van der Waals surface area contributed by atoms with Crippen molar-refractivity contribution in [3.63, 3.8) is 0 Å². The van der Waals surface area contributed by atoms with E-state index >= 15 is 0 Å². The summed E-state index contributed by atoms with van der Waals surface area (Å²) in [6, 6.07) is 0. The Morgan fingerprint density at radius 2 is 1.62 bits per heavy atom. The monoisotopic (exact) mass is 227 g/mol. The lowest BCUT2D eigenvalue weighted by atomic mass is 9.75. The van der Waals surface area contributed by atoms with Crippen LogP contribution in [0.1, 0.15) is 44.9 Å². The molecule has 0 aromatic carbocycles. The Morgan fingerprint density at radius 3 is 2.19 bits per heavy atom. The van der Waals surface area contributed by atoms with Crippen molar-refractivity contribution in [1.29, 1.82) is 0 Å². The fourth-order valence-corrected chi connectivity index (χ4v) is 2.44. The quantitative estimate of drug-likeness (QED) is 0.730. The summed E-state index contributed by atoms with van der Waals surface area (Å²) in [5.41, 5.74) is 0. The standard InChI is InChI=1S/C12H19O4/c13-11(14)7-5-9-3-1-2-4-10(9)6-8-12(15)16/h1,9-10H,2-8H2,(H,13,14)(H,15,16). The van der Waals surface area contributed by atoms with Crippen LogP contribution in [-0.4, -0.2) is 22.2 Å². The molecule has 1 rings (SSSR count). The Bertz CT molecular complexity index is 223. The number of carbonyl (C=O) groups is 2. The maximum Gasteiger partial charge on any atom is 0.303 e. The molecule has 0 aromatic heterocycles. The summed E-state index contributed by atoms with van der Waals surface area (Å²) in [7, 11) is 0. The minimum absolute atomic E-state index is 0.197. The molecule has 0 bridgehead atoms. The molecule has 0 amide bonds. The van der Waals surface area contributed by atoms with E-state index in [1.165, 1.54) is 0 Å². The van der Waals surface area contributed by atoms with Crippen molar-refractivity contribution in [1.82, 2.24) is 0 Å². The van der Waals surface area contributed by atoms with Gasteiger partial charge in [-0.2, -0.15) is 0 Å². The molecule has 0 aromatic rings. The Kier molecular flexibility index (Phi) is 5.29. The van der Waals surface area contributed by atoms with Crippen LogP contribution in [0.5, 0.6) is 0 Å². The van der Waals surface area contributed by atoms with Gasteiger partial charge in [0, 0.05) is 12.8 Å². The van der Waals surface area contributed by atoms with E-state index in [9.17, 15) is 9.59 Å². The van der Waals surface area contributed by atoms with Gasteiger partial charge >= 0.3 is 11.9 Å². The molecule has 2 atom stereocenters. The van der Waals surface area contributed by atoms with Crippen LogP contribution < -0.4 is 0 Å². The van der Waals surface area contributed by atoms with Gasteiger partial charge in [-0.1, -0.05) is 0 Å². The van der Waals surface area contributed by atoms with Crippen LogP contribution in [0.4, 0.5) is 0 Å². The van der Waals surface area contributed by atoms with E-state index < -0.39 is 11.9 Å². The third-order valence-electron chi connectivity index (χ3n) is 3.34. The number of carboxylic acid groups (broad SMARTS) is 2. The number of hydrogen-bond acceptors (Lipinski definition) is 2. The zero-order chi connectivity index (χ0) is 12.0. The van der Waals surface area contributed by atoms with E-state index in [0.717, 1.165) is 19.3 Å². The summed E-state index contributed by atoms with van der Waals surface area (Å²) in [6.45, 7) is 0. The summed E-state index contributed by atoms with van der Waals surface area (Å²) in [5, 5.41) is 17.3. The lowest BCUT2D eigenvalue weighted by molar-refractivity contribution is -0.139. The number of carboxylic acids is 2. The number of aliphatic carboxylic acids is 2. The summed E-state index contributed by atoms with van der Waals surface area (Å²) in [4.78, 5) is 21.0. The van der Waals surface area contributed by atoms with Crippen LogP contribution in [-0.2, 0) is 9.59 Å². The minimum Gasteiger partial charge on any atom is -0.481 e. The Morgan fingerprint density at radius 1 is 1.06 bits per heavy atom. The van der Waals surface area contributed by atoms with Crippen molar-refractivity contribution in [2.75, 3.05) is 0 Å². The Hall–Kier alpha value is -1.06. The van der Waals surface area contributed by atoms with Crippen molar-refractivity contribution in [3.8, 4) is 0 Å². The van der Waals surface area contributed by atoms with Gasteiger partial charge in [0.2, 0.25) is 0 Å². The van der Waals surface area contributed by atoms with Crippen molar-refractivity contribution >= 4 is 11.9 Å². The first-order valence-corrected chi connectivity index (χ1v) is 5.85. The molecule has 4 nitrogen and oxygen atoms in total. The van der Waals surface area contributed by atoms with Gasteiger partial charge in [-0.25, -0.2) is 0 Å². The summed E-state index contributed by atoms with van der Waals surface area (Å²) >= 11 is 0. The van der Waals surface area contributed by atoms with Crippen molar-refractivity contribution in [2.45, 2.75) is 44.9 Å². The molecular formula is C12H19O4. The molecule has 2 unspecified atom stereocenters. The normalized spacial score (nSPS) is 25.2. The predicted molar refractivity (Wildman–Crippen MR) is 58.9 cm³/mol. The fraction of sp³-hybridized carbons (Fsp3) is 0.750. The van der Waals surface area contributed by atoms with Gasteiger partial charge < -0.3 is 10.2 Å². The zero-order valence-electron chi connectivity index (χ0n) is 9.39. The average Bonchev–Trinajstić information content (AvgIpc) is 2.24. The van der Waals surface area contributed by atoms with E-state index in [-0.39, 0.29) is 12.8 Å². The van der Waals surface area contributed by atoms with E-state index in [1.807, 2.05) is 0 Å². The molecule has 1 aliphatic carbocycles. The van der Waals surface area contributed by atoms with Crippen LogP contribution in [0, 0.1) is 18.3 Å². The number of hydrogen-bond donors (Lipinski definition) is 2. The van der Waals surface area contributed by atoms with E-state index in [4.69, 9.17) is 10.2 Å². The maximum atomic E-state index is 10.5. The van der Waals surface area contributed by atoms with Crippen LogP contribution in [0.25, 0.3) is 0 Å². The molecule has 1 saturated carbocycles. The first-order valence-electron chi connectivity index (χ1n) is 5.85. The van der Waals surface area contributed by atoms with Gasteiger partial charge in [-0.15, -0.1) is 0 Å². The van der Waals surface area contributed by atoms with E-state index in [2.05, 4.69) is 6.42 Å². The molecule has 0 aliphatic heterocycles. The van der Waals surface area contributed by atoms with Crippen LogP contribution in [0.3, 0.4) is 0 Å². The lowest BCUT2D eigenvalue weighted by Crippen LogP contribution is -2.21. The van der Waals surface area contributed by atoms with E-state index in [1.54, 1.807) is 0 Å². The summed E-state index contributed by atoms with van der Waals surface area (Å²) in [6.07, 6.45) is 6.95. The van der Waals surface area contributed by atoms with Gasteiger partial charge in [0.1, 0.15) is 0 Å². The largest absolute Gasteiger partial charge is 0.481 e. The zero-order valence-corrected chi connectivity index (χ0v) is 9.39. The smallest absolute Gasteiger partial charge is 0.303 e. The molecule has 0 heterocycles. The molecule has 91 valence electrons. The summed E-state index contributed by atoms with van der Waals surface area (Å²) in [5.74, 6) is -0.765. The van der Waals surface area contributed by atoms with E-state index in [0.29, 0.717) is 24.7 Å². The molecule has 4 heteroatoms. The van der Waals surface area contributed by atoms with Gasteiger partial charge in [-0.05, 0) is 50.4 Å². The topological polar surface area (TPSA) is 74.6 Å². The molecule has 0 spiro atoms. The highest BCUT2D eigenvalue weighted by molar-refractivity contribution is 5.67. The molecular weight excluding hydrogens is 208 g/mol. The maximum absolute atomic E-state index is 10.5. The SMILES string of the molecule is O=C(O)CCC1C[CH]CCC1CCC(=O)O. The second-order valence-corrected chi connectivity index (χ2v) is 4.49. The Labute approximate surface area is 95.7 Å². The highest BCUT2D eigenvalue weighted by atomic mass is 16.4. The van der Waals surface area contributed by atoms with Crippen LogP contribution in [0.15, 0.2) is 0 Å². The lowest BCUT2D eigenvalue weighted by Gasteiger charge is -2.30. The highest BCUT2D eigenvalue weighted by Crippen LogP contribution is 2.35. The van der Waals surface area contributed by atoms with Crippen molar-refractivity contribution in [3.05, 3.63) is 6.42 Å². The molecule has 16 heavy (non-hydrogen) atoms. The fourth-order valence-electron chi connectivity index (χ4n) is 2.44. The average molecular weight is 227 g/mol. The second kappa shape index (κ2) is 6.51. The van der Waals surface area contributed by atoms with Gasteiger partial charge in [0.15, 0.2) is 0 Å². The first kappa shape index (κ1) is 13.0. The predicted octanol–water partition coefficient (Wildman–Crippen LogP) is 2.34. The van der Waals surface area contributed by atoms with Crippen LogP contribution in [0.2, 0.25) is 0 Å². The first-order chi connectivity index (χ1) is 7.59. The van der Waals surface area contributed by atoms with Gasteiger partial charge in [0.05, 0.1) is 0 Å². The summed E-state index contributed by atoms with van der Waals surface area (Å²) < 4.78 is 0. The highest BCUT2D eigenvalue weighted by Gasteiger charge is 2.25. The second-order valence-electron chi connectivity index (χ2n) is 4.49. The number of rotatable bonds is 6. The molecule has 1 fully saturated rings. The van der Waals surface area contributed by atoms with Crippen molar-refractivity contribution in [2.24, 2.45) is 11.8 Å². The molecule has 2 N–H and O–H groups in total. The van der Waals surface area contributed by atoms with Crippen LogP contribution >= 0.6 is 0 Å². The third kappa shape index (κ3) is 4.64. The molecule has 0 saturated heterocycles. The molecule has 1 radical (unpaired) electrons. The minimum atomic E-state index is -0.762. The molecule has 1 aliphatic rings.